The van der Waals surface area contributed by atoms with Gasteiger partial charge in [0, 0.05) is 18.1 Å². The monoisotopic (exact) mass is 379 g/mol. The molecular weight excluding hydrogens is 362 g/mol. The molecule has 1 aliphatic rings. The summed E-state index contributed by atoms with van der Waals surface area (Å²) in [6.45, 7) is 1.10. The number of amides is 1. The van der Waals surface area contributed by atoms with Gasteiger partial charge in [0.15, 0.2) is 0 Å². The Morgan fingerprint density at radius 1 is 1.08 bits per heavy atom. The molecule has 0 spiro atoms. The third-order valence-corrected chi connectivity index (χ3v) is 5.83. The van der Waals surface area contributed by atoms with E-state index in [1.165, 1.54) is 6.07 Å². The molecule has 25 heavy (non-hydrogen) atoms. The number of nitrogens with zero attached hydrogens (tertiary/aromatic N) is 1. The van der Waals surface area contributed by atoms with Crippen molar-refractivity contribution in [1.82, 2.24) is 4.90 Å². The van der Waals surface area contributed by atoms with Crippen molar-refractivity contribution in [3.05, 3.63) is 56.7 Å². The zero-order valence-electron chi connectivity index (χ0n) is 13.4. The van der Waals surface area contributed by atoms with Crippen LogP contribution < -0.4 is 0 Å². The Hall–Kier alpha value is -1.89. The first-order valence-electron chi connectivity index (χ1n) is 8.01. The highest BCUT2D eigenvalue weighted by Gasteiger charge is 2.29. The third kappa shape index (κ3) is 4.03. The van der Waals surface area contributed by atoms with Crippen molar-refractivity contribution in [2.75, 3.05) is 13.1 Å². The lowest BCUT2D eigenvalue weighted by Gasteiger charge is -2.34. The number of aliphatic hydroxyl groups is 1. The number of rotatable bonds is 4. The number of aromatic carboxylic acids is 1. The van der Waals surface area contributed by atoms with E-state index in [0.717, 1.165) is 16.9 Å². The van der Waals surface area contributed by atoms with E-state index < -0.39 is 12.1 Å². The normalized spacial score (nSPS) is 16.6. The molecule has 132 valence electrons. The first kappa shape index (κ1) is 17.9. The number of carbonyl (C=O) groups is 2. The van der Waals surface area contributed by atoms with Gasteiger partial charge in [-0.25, -0.2) is 4.79 Å². The molecule has 2 heterocycles. The van der Waals surface area contributed by atoms with Gasteiger partial charge in [-0.3, -0.25) is 4.79 Å². The Morgan fingerprint density at radius 2 is 1.68 bits per heavy atom. The number of hydrogen-bond donors (Lipinski definition) is 2. The Labute approximate surface area is 154 Å². The number of piperidine rings is 1. The Balaban J connectivity index is 1.60. The molecule has 0 radical (unpaired) electrons. The maximum Gasteiger partial charge on any atom is 0.345 e. The number of aliphatic hydroxyl groups excluding tert-OH is 1. The lowest BCUT2D eigenvalue weighted by atomic mass is 9.87. The minimum atomic E-state index is -1.02. The molecule has 1 atom stereocenters. The van der Waals surface area contributed by atoms with Crippen LogP contribution in [0.4, 0.5) is 0 Å². The third-order valence-electron chi connectivity index (χ3n) is 4.51. The molecular formula is C18H18ClNO4S. The summed E-state index contributed by atoms with van der Waals surface area (Å²) >= 11 is 6.87. The Bertz CT molecular complexity index is 766. The highest BCUT2D eigenvalue weighted by molar-refractivity contribution is 7.15. The van der Waals surface area contributed by atoms with Gasteiger partial charge in [-0.2, -0.15) is 0 Å². The summed E-state index contributed by atoms with van der Waals surface area (Å²) in [4.78, 5) is 25.7. The van der Waals surface area contributed by atoms with Gasteiger partial charge in [0.1, 0.15) is 4.88 Å². The van der Waals surface area contributed by atoms with Crippen molar-refractivity contribution >= 4 is 34.8 Å². The van der Waals surface area contributed by atoms with Crippen molar-refractivity contribution < 1.29 is 19.8 Å². The molecule has 1 aliphatic heterocycles. The van der Waals surface area contributed by atoms with Crippen LogP contribution in [0.25, 0.3) is 0 Å². The van der Waals surface area contributed by atoms with Crippen molar-refractivity contribution in [3.63, 3.8) is 0 Å². The van der Waals surface area contributed by atoms with E-state index in [9.17, 15) is 14.7 Å². The van der Waals surface area contributed by atoms with Crippen LogP contribution in [0.1, 0.15) is 43.9 Å². The number of carboxylic acid groups (broad SMARTS) is 1. The highest BCUT2D eigenvalue weighted by atomic mass is 35.5. The molecule has 1 saturated heterocycles. The van der Waals surface area contributed by atoms with Crippen LogP contribution >= 0.6 is 22.9 Å². The molecule has 1 amide bonds. The number of benzene rings is 1. The van der Waals surface area contributed by atoms with Gasteiger partial charge in [-0.05, 0) is 48.6 Å². The fourth-order valence-corrected chi connectivity index (χ4v) is 4.01. The summed E-state index contributed by atoms with van der Waals surface area (Å²) in [7, 11) is 0. The van der Waals surface area contributed by atoms with Crippen molar-refractivity contribution in [1.29, 1.82) is 0 Å². The molecule has 5 nitrogen and oxygen atoms in total. The Kier molecular flexibility index (Phi) is 5.42. The molecule has 0 aliphatic carbocycles. The smallest absolute Gasteiger partial charge is 0.345 e. The summed E-state index contributed by atoms with van der Waals surface area (Å²) in [5.74, 6) is -1.08. The van der Waals surface area contributed by atoms with Crippen LogP contribution in [-0.4, -0.2) is 40.1 Å². The number of hydrogen-bond acceptors (Lipinski definition) is 4. The zero-order chi connectivity index (χ0) is 18.0. The lowest BCUT2D eigenvalue weighted by molar-refractivity contribution is 0.0465. The van der Waals surface area contributed by atoms with E-state index in [1.54, 1.807) is 23.1 Å². The quantitative estimate of drug-likeness (QED) is 0.849. The summed E-state index contributed by atoms with van der Waals surface area (Å²) in [6, 6.07) is 10.2. The standard InChI is InChI=1S/C18H18ClNO4S/c19-13-3-1-11(2-4-13)16(21)12-7-9-20(10-8-12)17(22)14-5-6-15(25-14)18(23)24/h1-6,12,16,21H,7-10H2,(H,23,24). The second-order valence-corrected chi connectivity index (χ2v) is 7.62. The number of carboxylic acids is 1. The minimum absolute atomic E-state index is 0.0862. The van der Waals surface area contributed by atoms with Crippen LogP contribution in [0, 0.1) is 5.92 Å². The summed E-state index contributed by atoms with van der Waals surface area (Å²) < 4.78 is 0. The first-order valence-corrected chi connectivity index (χ1v) is 9.21. The first-order chi connectivity index (χ1) is 12.0. The molecule has 1 aromatic carbocycles. The van der Waals surface area contributed by atoms with Crippen LogP contribution in [0.3, 0.4) is 0 Å². The van der Waals surface area contributed by atoms with Gasteiger partial charge >= 0.3 is 5.97 Å². The summed E-state index contributed by atoms with van der Waals surface area (Å²) in [5.41, 5.74) is 0.832. The van der Waals surface area contributed by atoms with Crippen molar-refractivity contribution in [2.24, 2.45) is 5.92 Å². The number of carbonyl (C=O) groups excluding carboxylic acids is 1. The predicted molar refractivity (Wildman–Crippen MR) is 96.3 cm³/mol. The van der Waals surface area contributed by atoms with E-state index in [1.807, 2.05) is 12.1 Å². The molecule has 2 N–H and O–H groups in total. The fraction of sp³-hybridized carbons (Fsp3) is 0.333. The maximum absolute atomic E-state index is 12.5. The van der Waals surface area contributed by atoms with E-state index in [-0.39, 0.29) is 16.7 Å². The van der Waals surface area contributed by atoms with E-state index in [4.69, 9.17) is 16.7 Å². The average molecular weight is 380 g/mol. The van der Waals surface area contributed by atoms with Crippen LogP contribution in [0.2, 0.25) is 5.02 Å². The van der Waals surface area contributed by atoms with Crippen molar-refractivity contribution in [2.45, 2.75) is 18.9 Å². The van der Waals surface area contributed by atoms with Gasteiger partial charge in [0.05, 0.1) is 11.0 Å². The summed E-state index contributed by atoms with van der Waals surface area (Å²) in [6.07, 6.45) is 0.828. The topological polar surface area (TPSA) is 77.8 Å². The second-order valence-electron chi connectivity index (χ2n) is 6.10. The van der Waals surface area contributed by atoms with E-state index in [2.05, 4.69) is 0 Å². The molecule has 1 aromatic heterocycles. The fourth-order valence-electron chi connectivity index (χ4n) is 3.07. The minimum Gasteiger partial charge on any atom is -0.477 e. The van der Waals surface area contributed by atoms with Crippen LogP contribution in [0.5, 0.6) is 0 Å². The van der Waals surface area contributed by atoms with Crippen LogP contribution in [0.15, 0.2) is 36.4 Å². The largest absolute Gasteiger partial charge is 0.477 e. The Morgan fingerprint density at radius 3 is 2.24 bits per heavy atom. The number of likely N-dealkylation sites (tertiary alicyclic amines) is 1. The molecule has 3 rings (SSSR count). The predicted octanol–water partition coefficient (Wildman–Crippen LogP) is 3.69. The lowest BCUT2D eigenvalue weighted by Crippen LogP contribution is -2.39. The molecule has 7 heteroatoms. The average Bonchev–Trinajstić information content (AvgIpc) is 3.12. The molecule has 1 unspecified atom stereocenters. The van der Waals surface area contributed by atoms with Gasteiger partial charge in [-0.15, -0.1) is 11.3 Å². The summed E-state index contributed by atoms with van der Waals surface area (Å²) in [5, 5.41) is 20.1. The van der Waals surface area contributed by atoms with Crippen molar-refractivity contribution in [3.8, 4) is 0 Å². The van der Waals surface area contributed by atoms with Gasteiger partial charge in [0.25, 0.3) is 5.91 Å². The maximum atomic E-state index is 12.5. The molecule has 2 aromatic rings. The highest BCUT2D eigenvalue weighted by Crippen LogP contribution is 2.32. The zero-order valence-corrected chi connectivity index (χ0v) is 15.0. The van der Waals surface area contributed by atoms with Gasteiger partial charge < -0.3 is 15.1 Å². The molecule has 0 bridgehead atoms. The SMILES string of the molecule is O=C(O)c1ccc(C(=O)N2CCC(C(O)c3ccc(Cl)cc3)CC2)s1. The van der Waals surface area contributed by atoms with Crippen LogP contribution in [-0.2, 0) is 0 Å². The van der Waals surface area contributed by atoms with Gasteiger partial charge in [-0.1, -0.05) is 23.7 Å². The van der Waals surface area contributed by atoms with E-state index in [0.29, 0.717) is 35.8 Å². The number of thiophene rings is 1. The molecule has 1 fully saturated rings. The second kappa shape index (κ2) is 7.56. The molecule has 0 saturated carbocycles. The van der Waals surface area contributed by atoms with Gasteiger partial charge in [0.2, 0.25) is 0 Å². The van der Waals surface area contributed by atoms with E-state index >= 15 is 0 Å². The number of halogens is 1.